The highest BCUT2D eigenvalue weighted by Gasteiger charge is 2.41. The Balaban J connectivity index is 0.000000282. The lowest BCUT2D eigenvalue weighted by atomic mass is 9.96. The molecule has 3 aliphatic heterocycles. The third kappa shape index (κ3) is 20.8. The lowest BCUT2D eigenvalue weighted by Gasteiger charge is -2.30. The number of hydrogen-bond acceptors (Lipinski definition) is 16. The Kier molecular flexibility index (Phi) is 23.7. The second-order valence-electron chi connectivity index (χ2n) is 18.5. The molecule has 3 aliphatic rings. The molecule has 0 aromatic heterocycles. The van der Waals surface area contributed by atoms with Gasteiger partial charge in [-0.1, -0.05) is 0 Å². The van der Waals surface area contributed by atoms with Crippen molar-refractivity contribution in [2.75, 3.05) is 72.7 Å². The second-order valence-corrected chi connectivity index (χ2v) is 24.5. The number of benzene rings is 3. The van der Waals surface area contributed by atoms with E-state index < -0.39 is 83.6 Å². The van der Waals surface area contributed by atoms with Crippen LogP contribution < -0.4 is 49.1 Å². The van der Waals surface area contributed by atoms with Crippen molar-refractivity contribution in [3.8, 4) is 0 Å². The Morgan fingerprint density at radius 2 is 0.671 bits per heavy atom. The molecule has 0 unspecified atom stereocenters. The van der Waals surface area contributed by atoms with Crippen LogP contribution in [0.15, 0.2) is 84.3 Å². The van der Waals surface area contributed by atoms with Crippen molar-refractivity contribution in [3.63, 3.8) is 0 Å². The van der Waals surface area contributed by atoms with Crippen LogP contribution in [-0.4, -0.2) is 163 Å². The normalized spacial score (nSPS) is 14.7. The lowest BCUT2D eigenvalue weighted by molar-refractivity contribution is -0.170. The van der Waals surface area contributed by atoms with E-state index in [4.69, 9.17) is 54.8 Å². The van der Waals surface area contributed by atoms with E-state index in [1.54, 1.807) is 36.4 Å². The molecule has 3 aromatic carbocycles. The predicted octanol–water partition coefficient (Wildman–Crippen LogP) is 0.234. The molecule has 0 atom stereocenters. The van der Waals surface area contributed by atoms with Crippen molar-refractivity contribution in [2.45, 2.75) is 90.9 Å². The number of aliphatic carboxylic acids is 3. The summed E-state index contributed by atoms with van der Waals surface area (Å²) < 4.78 is 72.4. The van der Waals surface area contributed by atoms with Gasteiger partial charge in [0, 0.05) is 74.7 Å². The van der Waals surface area contributed by atoms with Crippen molar-refractivity contribution >= 4 is 100 Å². The monoisotopic (exact) mass is 1160 g/mol. The second kappa shape index (κ2) is 28.6. The van der Waals surface area contributed by atoms with Crippen LogP contribution in [0.4, 0.5) is 17.1 Å². The number of aliphatic hydroxyl groups is 1. The van der Waals surface area contributed by atoms with E-state index >= 15 is 0 Å². The highest BCUT2D eigenvalue weighted by atomic mass is 32.2. The van der Waals surface area contributed by atoms with E-state index in [1.807, 2.05) is 14.7 Å². The molecule has 3 aromatic rings. The molecule has 0 spiro atoms. The maximum atomic E-state index is 12.1. The van der Waals surface area contributed by atoms with Gasteiger partial charge < -0.3 is 69.5 Å². The predicted molar refractivity (Wildman–Crippen MR) is 294 cm³/mol. The number of carboxylic acids is 3. The summed E-state index contributed by atoms with van der Waals surface area (Å²) in [6, 6.07) is 13.6. The van der Waals surface area contributed by atoms with Crippen LogP contribution in [0.5, 0.6) is 0 Å². The van der Waals surface area contributed by atoms with Gasteiger partial charge in [0.1, 0.15) is 0 Å². The third-order valence-electron chi connectivity index (χ3n) is 11.9. The van der Waals surface area contributed by atoms with Gasteiger partial charge in [0.25, 0.3) is 17.7 Å². The number of hydrogen-bond donors (Lipinski definition) is 10. The standard InChI is InChI=1S/3C14H20N4O3S.C6H8O7/c3*1-22(20,21)12-9-10(13(19)17-14(15)16)5-6-11(12)18-7-3-2-4-8-18;7-3(8)1-6(13,5(11)12)2-4(9)10/h3*5-6,9H,2-4,7-8H2,1H3,(H4,15,16,17,19);13H,1-2H2,(H,7,8)(H,9,10)(H,11,12). The highest BCUT2D eigenvalue weighted by Crippen LogP contribution is 2.32. The number of nitrogens with two attached hydrogens (primary N) is 6. The highest BCUT2D eigenvalue weighted by molar-refractivity contribution is 7.91. The molecule has 3 fully saturated rings. The van der Waals surface area contributed by atoms with Crippen LogP contribution in [0.2, 0.25) is 0 Å². The first-order valence-electron chi connectivity index (χ1n) is 24.2. The molecule has 434 valence electrons. The fourth-order valence-corrected chi connectivity index (χ4v) is 11.0. The Bertz CT molecular complexity index is 2870. The van der Waals surface area contributed by atoms with E-state index in [1.165, 1.54) is 18.2 Å². The molecule has 3 heterocycles. The number of carboxylic acid groups (broad SMARTS) is 3. The smallest absolute Gasteiger partial charge is 0.336 e. The third-order valence-corrected chi connectivity index (χ3v) is 15.3. The number of anilines is 3. The number of sulfone groups is 3. The SMILES string of the molecule is CS(=O)(=O)c1cc(C(=O)N=C(N)N)ccc1N1CCCCC1.CS(=O)(=O)c1cc(C(=O)N=C(N)N)ccc1N1CCCCC1.CS(=O)(=O)c1cc(C(=O)N=C(N)N)ccc1N1CCCCC1.O=C(O)CC(O)(CC(=O)O)C(=O)O. The van der Waals surface area contributed by atoms with Gasteiger partial charge in [-0.15, -0.1) is 0 Å². The maximum Gasteiger partial charge on any atom is 0.336 e. The molecule has 0 radical (unpaired) electrons. The number of carbonyl (C=O) groups excluding carboxylic acids is 3. The Morgan fingerprint density at radius 3 is 0.848 bits per heavy atom. The molecule has 16 N–H and O–H groups in total. The van der Waals surface area contributed by atoms with Crippen LogP contribution in [0.1, 0.15) is 102 Å². The van der Waals surface area contributed by atoms with Gasteiger partial charge in [0.05, 0.1) is 44.6 Å². The van der Waals surface area contributed by atoms with Gasteiger partial charge in [-0.25, -0.2) is 30.0 Å². The molecule has 31 heteroatoms. The zero-order valence-corrected chi connectivity index (χ0v) is 46.2. The number of piperidine rings is 3. The van der Waals surface area contributed by atoms with Crippen molar-refractivity contribution in [3.05, 3.63) is 71.3 Å². The summed E-state index contributed by atoms with van der Waals surface area (Å²) >= 11 is 0. The average Bonchev–Trinajstić information content (AvgIpc) is 3.35. The number of aliphatic imine (C=N–C) groups is 3. The molecular formula is C48H68N12O16S3. The summed E-state index contributed by atoms with van der Waals surface area (Å²) in [5, 5.41) is 33.8. The van der Waals surface area contributed by atoms with Gasteiger partial charge in [-0.2, -0.15) is 15.0 Å². The van der Waals surface area contributed by atoms with Gasteiger partial charge >= 0.3 is 17.9 Å². The summed E-state index contributed by atoms with van der Waals surface area (Å²) in [6.07, 6.45) is 10.7. The number of carbonyl (C=O) groups is 6. The molecule has 0 saturated carbocycles. The van der Waals surface area contributed by atoms with Crippen LogP contribution in [-0.2, 0) is 43.9 Å². The van der Waals surface area contributed by atoms with E-state index in [9.17, 15) is 54.0 Å². The van der Waals surface area contributed by atoms with Gasteiger partial charge in [-0.05, 0) is 112 Å². The van der Waals surface area contributed by atoms with E-state index in [2.05, 4.69) is 15.0 Å². The summed E-state index contributed by atoms with van der Waals surface area (Å²) in [5.41, 5.74) is 30.7. The van der Waals surface area contributed by atoms with Gasteiger partial charge in [0.15, 0.2) is 53.0 Å². The molecule has 0 aliphatic carbocycles. The quantitative estimate of drug-likeness (QED) is 0.0763. The number of amides is 3. The topological polar surface area (TPSA) is 489 Å². The molecule has 6 rings (SSSR count). The van der Waals surface area contributed by atoms with Crippen molar-refractivity contribution < 1.29 is 74.4 Å². The first-order valence-corrected chi connectivity index (χ1v) is 29.9. The van der Waals surface area contributed by atoms with Crippen molar-refractivity contribution in [2.24, 2.45) is 49.4 Å². The maximum absolute atomic E-state index is 12.1. The zero-order chi connectivity index (χ0) is 59.6. The van der Waals surface area contributed by atoms with Crippen LogP contribution in [0.25, 0.3) is 0 Å². The summed E-state index contributed by atoms with van der Waals surface area (Å²) in [5.74, 6) is -8.06. The average molecular weight is 1170 g/mol. The lowest BCUT2D eigenvalue weighted by Crippen LogP contribution is -2.42. The molecule has 28 nitrogen and oxygen atoms in total. The minimum Gasteiger partial charge on any atom is -0.481 e. The van der Waals surface area contributed by atoms with Gasteiger partial charge in [0.2, 0.25) is 0 Å². The van der Waals surface area contributed by atoms with Crippen molar-refractivity contribution in [1.29, 1.82) is 0 Å². The largest absolute Gasteiger partial charge is 0.481 e. The summed E-state index contributed by atoms with van der Waals surface area (Å²) in [4.78, 5) is 82.9. The molecule has 79 heavy (non-hydrogen) atoms. The molecule has 3 amide bonds. The van der Waals surface area contributed by atoms with E-state index in [-0.39, 0.29) is 49.3 Å². The number of rotatable bonds is 14. The first-order chi connectivity index (χ1) is 36.6. The van der Waals surface area contributed by atoms with E-state index in [0.29, 0.717) is 17.1 Å². The number of nitrogens with zero attached hydrogens (tertiary/aromatic N) is 6. The Hall–Kier alpha value is -7.90. The van der Waals surface area contributed by atoms with E-state index in [0.717, 1.165) is 116 Å². The molecular weight excluding hydrogens is 1100 g/mol. The molecule has 3 saturated heterocycles. The van der Waals surface area contributed by atoms with Crippen LogP contribution in [0, 0.1) is 0 Å². The Morgan fingerprint density at radius 1 is 0.443 bits per heavy atom. The first kappa shape index (κ1) is 65.4. The summed E-state index contributed by atoms with van der Waals surface area (Å²) in [6.45, 7) is 4.86. The molecule has 0 bridgehead atoms. The minimum atomic E-state index is -3.47. The summed E-state index contributed by atoms with van der Waals surface area (Å²) in [7, 11) is -10.4. The van der Waals surface area contributed by atoms with Gasteiger partial charge in [-0.3, -0.25) is 24.0 Å². The number of guanidine groups is 3. The van der Waals surface area contributed by atoms with Crippen LogP contribution in [0.3, 0.4) is 0 Å². The Labute approximate surface area is 457 Å². The minimum absolute atomic E-state index is 0.131. The fraction of sp³-hybridized carbons (Fsp3) is 0.438. The fourth-order valence-electron chi connectivity index (χ4n) is 8.28. The van der Waals surface area contributed by atoms with Crippen LogP contribution >= 0.6 is 0 Å². The zero-order valence-electron chi connectivity index (χ0n) is 43.8. The van der Waals surface area contributed by atoms with Crippen molar-refractivity contribution in [1.82, 2.24) is 0 Å².